The van der Waals surface area contributed by atoms with Gasteiger partial charge in [0, 0.05) is 80.6 Å². The van der Waals surface area contributed by atoms with Crippen molar-refractivity contribution in [1.82, 2.24) is 24.6 Å². The summed E-state index contributed by atoms with van der Waals surface area (Å²) in [4.78, 5) is 58.9. The monoisotopic (exact) mass is 812 g/mol. The van der Waals surface area contributed by atoms with Gasteiger partial charge in [-0.05, 0) is 111 Å². The Labute approximate surface area is 342 Å². The number of carbonyl (C=O) groups is 4. The van der Waals surface area contributed by atoms with Crippen LogP contribution in [0.1, 0.15) is 78.7 Å². The summed E-state index contributed by atoms with van der Waals surface area (Å²) in [5.41, 5.74) is 5.66. The molecule has 0 aliphatic carbocycles. The fourth-order valence-electron chi connectivity index (χ4n) is 9.16. The standard InChI is InChI=1S/C45H51F3N6O5/c1-29(2)4-3-17-53-28-38(32-6-9-34(10-7-32)59-45(46,47)48)36-24-31(5-12-39(36)53)27-50-18-15-30(16-19-50)26-51-20-22-52(23-21-51)33-8-11-35-37(25-33)44(58)54(43(35)57)40-13-14-41(55)49-42(40)56/h5-12,24-25,28-30,40H,3-4,13-23,26-27H2,1-2H3,(H,49,55,56). The number of nitrogens with one attached hydrogen (secondary N) is 1. The van der Waals surface area contributed by atoms with Crippen LogP contribution >= 0.6 is 0 Å². The molecule has 0 spiro atoms. The van der Waals surface area contributed by atoms with E-state index >= 15 is 0 Å². The number of hydrogen-bond acceptors (Lipinski definition) is 8. The third-order valence-corrected chi connectivity index (χ3v) is 12.3. The Bertz CT molecular complexity index is 2220. The average molecular weight is 813 g/mol. The summed E-state index contributed by atoms with van der Waals surface area (Å²) in [5, 5.41) is 3.34. The number of hydrogen-bond donors (Lipinski definition) is 1. The summed E-state index contributed by atoms with van der Waals surface area (Å²) in [6, 6.07) is 17.1. The smallest absolute Gasteiger partial charge is 0.406 e. The Kier molecular flexibility index (Phi) is 11.6. The van der Waals surface area contributed by atoms with Gasteiger partial charge in [0.05, 0.1) is 11.1 Å². The Morgan fingerprint density at radius 3 is 2.22 bits per heavy atom. The summed E-state index contributed by atoms with van der Waals surface area (Å²) in [7, 11) is 0. The molecule has 14 heteroatoms. The number of halogens is 3. The predicted octanol–water partition coefficient (Wildman–Crippen LogP) is 7.08. The quantitative estimate of drug-likeness (QED) is 0.152. The van der Waals surface area contributed by atoms with E-state index in [1.807, 2.05) is 6.07 Å². The van der Waals surface area contributed by atoms with E-state index in [9.17, 15) is 32.3 Å². The molecule has 0 radical (unpaired) electrons. The molecule has 59 heavy (non-hydrogen) atoms. The first-order valence-electron chi connectivity index (χ1n) is 20.8. The zero-order valence-electron chi connectivity index (χ0n) is 33.6. The second kappa shape index (κ2) is 16.8. The zero-order chi connectivity index (χ0) is 41.4. The molecule has 3 fully saturated rings. The highest BCUT2D eigenvalue weighted by Gasteiger charge is 2.45. The van der Waals surface area contributed by atoms with Crippen LogP contribution in [-0.2, 0) is 22.7 Å². The Hall–Kier alpha value is -5.21. The maximum Gasteiger partial charge on any atom is 0.573 e. The number of anilines is 1. The number of alkyl halides is 3. The number of likely N-dealkylation sites (tertiary alicyclic amines) is 1. The minimum atomic E-state index is -4.74. The van der Waals surface area contributed by atoms with Gasteiger partial charge in [-0.2, -0.15) is 0 Å². The van der Waals surface area contributed by atoms with Crippen molar-refractivity contribution >= 4 is 40.2 Å². The van der Waals surface area contributed by atoms with Crippen LogP contribution in [0.2, 0.25) is 0 Å². The van der Waals surface area contributed by atoms with Crippen LogP contribution in [0, 0.1) is 11.8 Å². The number of rotatable bonds is 12. The van der Waals surface area contributed by atoms with Gasteiger partial charge in [-0.3, -0.25) is 39.2 Å². The first kappa shape index (κ1) is 40.6. The first-order chi connectivity index (χ1) is 28.3. The zero-order valence-corrected chi connectivity index (χ0v) is 33.6. The minimum absolute atomic E-state index is 0.0859. The summed E-state index contributed by atoms with van der Waals surface area (Å²) in [5.74, 6) is -1.03. The number of fused-ring (bicyclic) bond motifs is 2. The molecule has 4 aromatic rings. The van der Waals surface area contributed by atoms with Crippen LogP contribution in [0.4, 0.5) is 18.9 Å². The van der Waals surface area contributed by atoms with E-state index in [-0.39, 0.29) is 24.2 Å². The van der Waals surface area contributed by atoms with E-state index in [4.69, 9.17) is 0 Å². The number of imide groups is 2. The number of aromatic nitrogens is 1. The first-order valence-corrected chi connectivity index (χ1v) is 20.8. The van der Waals surface area contributed by atoms with Crippen molar-refractivity contribution in [3.8, 4) is 16.9 Å². The molecule has 1 aromatic heterocycles. The lowest BCUT2D eigenvalue weighted by atomic mass is 9.95. The molecular weight excluding hydrogens is 762 g/mol. The molecule has 3 saturated heterocycles. The van der Waals surface area contributed by atoms with Gasteiger partial charge in [0.25, 0.3) is 11.8 Å². The molecule has 1 N–H and O–H groups in total. The molecule has 5 heterocycles. The van der Waals surface area contributed by atoms with Gasteiger partial charge in [-0.15, -0.1) is 13.2 Å². The molecule has 0 bridgehead atoms. The van der Waals surface area contributed by atoms with E-state index in [0.717, 1.165) is 117 Å². The van der Waals surface area contributed by atoms with Crippen LogP contribution < -0.4 is 15.0 Å². The summed E-state index contributed by atoms with van der Waals surface area (Å²) < 4.78 is 44.9. The van der Waals surface area contributed by atoms with Gasteiger partial charge in [0.15, 0.2) is 0 Å². The molecule has 0 saturated carbocycles. The lowest BCUT2D eigenvalue weighted by Gasteiger charge is -2.39. The molecule has 4 aliphatic rings. The van der Waals surface area contributed by atoms with Crippen molar-refractivity contribution in [2.45, 2.75) is 77.9 Å². The normalized spacial score (nSPS) is 19.9. The van der Waals surface area contributed by atoms with Crippen LogP contribution in [-0.4, -0.2) is 101 Å². The van der Waals surface area contributed by atoms with Crippen molar-refractivity contribution < 1.29 is 37.1 Å². The maximum atomic E-state index is 13.4. The molecule has 4 amide bonds. The third kappa shape index (κ3) is 9.03. The van der Waals surface area contributed by atoms with Crippen LogP contribution in [0.15, 0.2) is 66.9 Å². The van der Waals surface area contributed by atoms with Gasteiger partial charge >= 0.3 is 6.36 Å². The Morgan fingerprint density at radius 2 is 1.53 bits per heavy atom. The molecule has 4 aliphatic heterocycles. The predicted molar refractivity (Wildman–Crippen MR) is 218 cm³/mol. The van der Waals surface area contributed by atoms with E-state index in [1.165, 1.54) is 17.7 Å². The molecule has 8 rings (SSSR count). The molecule has 1 unspecified atom stereocenters. The van der Waals surface area contributed by atoms with Gasteiger partial charge < -0.3 is 14.2 Å². The molecule has 11 nitrogen and oxygen atoms in total. The number of carbonyl (C=O) groups excluding carboxylic acids is 4. The number of piperazine rings is 1. The van der Waals surface area contributed by atoms with Crippen molar-refractivity contribution in [3.63, 3.8) is 0 Å². The van der Waals surface area contributed by atoms with Crippen molar-refractivity contribution in [2.24, 2.45) is 11.8 Å². The van der Waals surface area contributed by atoms with Crippen LogP contribution in [0.5, 0.6) is 5.75 Å². The molecule has 312 valence electrons. The van der Waals surface area contributed by atoms with E-state index in [0.29, 0.717) is 17.4 Å². The van der Waals surface area contributed by atoms with E-state index in [1.54, 1.807) is 24.3 Å². The fourth-order valence-corrected chi connectivity index (χ4v) is 9.16. The van der Waals surface area contributed by atoms with Crippen LogP contribution in [0.25, 0.3) is 22.0 Å². The highest BCUT2D eigenvalue weighted by molar-refractivity contribution is 6.23. The van der Waals surface area contributed by atoms with E-state index in [2.05, 4.69) is 67.6 Å². The number of piperidine rings is 2. The van der Waals surface area contributed by atoms with E-state index < -0.39 is 36.0 Å². The second-order valence-corrected chi connectivity index (χ2v) is 16.9. The molecular formula is C45H51F3N6O5. The summed E-state index contributed by atoms with van der Waals surface area (Å²) >= 11 is 0. The topological polar surface area (TPSA) is 107 Å². The number of benzene rings is 3. The van der Waals surface area contributed by atoms with Gasteiger partial charge in [-0.1, -0.05) is 32.0 Å². The van der Waals surface area contributed by atoms with Gasteiger partial charge in [0.2, 0.25) is 11.8 Å². The lowest BCUT2D eigenvalue weighted by Crippen LogP contribution is -2.54. The highest BCUT2D eigenvalue weighted by atomic mass is 19.4. The maximum absolute atomic E-state index is 13.4. The molecule has 3 aromatic carbocycles. The van der Waals surface area contributed by atoms with Crippen molar-refractivity contribution in [3.05, 3.63) is 83.6 Å². The lowest BCUT2D eigenvalue weighted by molar-refractivity contribution is -0.274. The van der Waals surface area contributed by atoms with Crippen LogP contribution in [0.3, 0.4) is 0 Å². The largest absolute Gasteiger partial charge is 0.573 e. The highest BCUT2D eigenvalue weighted by Crippen LogP contribution is 2.35. The van der Waals surface area contributed by atoms with Gasteiger partial charge in [-0.25, -0.2) is 0 Å². The molecule has 1 atom stereocenters. The van der Waals surface area contributed by atoms with Gasteiger partial charge in [0.1, 0.15) is 11.8 Å². The summed E-state index contributed by atoms with van der Waals surface area (Å²) in [6.45, 7) is 12.6. The number of ether oxygens (including phenoxy) is 1. The third-order valence-electron chi connectivity index (χ3n) is 12.3. The SMILES string of the molecule is CC(C)CCCn1cc(-c2ccc(OC(F)(F)F)cc2)c2cc(CN3CCC(CN4CCN(c5ccc6c(c5)C(=O)N(C5CCC(=O)NC5=O)C6=O)CC4)CC3)ccc21. The van der Waals surface area contributed by atoms with Crippen molar-refractivity contribution in [2.75, 3.05) is 50.7 Å². The number of nitrogens with zero attached hydrogens (tertiary/aromatic N) is 5. The summed E-state index contributed by atoms with van der Waals surface area (Å²) in [6.07, 6.45) is 1.98. The average Bonchev–Trinajstić information content (AvgIpc) is 3.68. The fraction of sp³-hybridized carbons (Fsp3) is 0.467. The van der Waals surface area contributed by atoms with Crippen molar-refractivity contribution in [1.29, 1.82) is 0 Å². The number of aryl methyl sites for hydroxylation is 1. The second-order valence-electron chi connectivity index (χ2n) is 16.9. The minimum Gasteiger partial charge on any atom is -0.406 e. The number of amides is 4. The Morgan fingerprint density at radius 1 is 0.797 bits per heavy atom. The Balaban J connectivity index is 0.850.